The monoisotopic (exact) mass is 851 g/mol. The lowest BCUT2D eigenvalue weighted by molar-refractivity contribution is -0.145. The number of alkyl carbamates (subject to hydrolysis) is 1. The van der Waals surface area contributed by atoms with Crippen LogP contribution < -0.4 is 5.32 Å². The van der Waals surface area contributed by atoms with Gasteiger partial charge in [-0.3, -0.25) is 4.79 Å². The van der Waals surface area contributed by atoms with Crippen molar-refractivity contribution in [3.05, 3.63) is 59.7 Å². The Labute approximate surface area is 356 Å². The van der Waals surface area contributed by atoms with Gasteiger partial charge in [0, 0.05) is 25.5 Å². The van der Waals surface area contributed by atoms with E-state index in [-0.39, 0.29) is 18.5 Å². The summed E-state index contributed by atoms with van der Waals surface area (Å²) in [6.07, 6.45) is 1.48. The van der Waals surface area contributed by atoms with E-state index in [1.54, 1.807) is 0 Å². The summed E-state index contributed by atoms with van der Waals surface area (Å²) in [6.45, 7) is 13.4. The number of hydrogen-bond donors (Lipinski definition) is 1. The minimum absolute atomic E-state index is 0.0455. The summed E-state index contributed by atoms with van der Waals surface area (Å²) in [7, 11) is 0. The summed E-state index contributed by atoms with van der Waals surface area (Å²) >= 11 is 0. The standard InChI is InChI=1S/C44H69NO15/c1-2-8-43(46)59-36-35-58-34-33-57-32-31-56-30-29-55-28-27-54-26-25-53-24-23-52-22-21-51-20-19-50-18-17-49-16-15-48-14-7-13-45-44(47)60-37-42-40-11-5-3-9-38(40)39-10-4-6-12-41(39)42/h3-6,9-12,42H,2,7-8,13-37H2,1H3,(H,45,47). The van der Waals surface area contributed by atoms with Crippen LogP contribution in [0.2, 0.25) is 0 Å². The molecule has 0 bridgehead atoms. The fourth-order valence-electron chi connectivity index (χ4n) is 5.81. The van der Waals surface area contributed by atoms with E-state index >= 15 is 0 Å². The van der Waals surface area contributed by atoms with Gasteiger partial charge >= 0.3 is 12.1 Å². The van der Waals surface area contributed by atoms with Crippen molar-refractivity contribution in [2.75, 3.05) is 165 Å². The Morgan fingerprint density at radius 3 is 1.15 bits per heavy atom. The number of nitrogens with one attached hydrogen (secondary N) is 1. The largest absolute Gasteiger partial charge is 0.463 e. The van der Waals surface area contributed by atoms with E-state index < -0.39 is 6.09 Å². The fourth-order valence-corrected chi connectivity index (χ4v) is 5.81. The molecule has 1 aliphatic carbocycles. The summed E-state index contributed by atoms with van der Waals surface area (Å²) in [5.74, 6) is -0.147. The van der Waals surface area contributed by atoms with Gasteiger partial charge in [-0.05, 0) is 35.1 Å². The molecule has 0 heterocycles. The van der Waals surface area contributed by atoms with E-state index in [1.807, 2.05) is 31.2 Å². The third kappa shape index (κ3) is 24.9. The maximum absolute atomic E-state index is 12.3. The predicted molar refractivity (Wildman–Crippen MR) is 223 cm³/mol. The third-order valence-electron chi connectivity index (χ3n) is 8.74. The fraction of sp³-hybridized carbons (Fsp3) is 0.682. The number of carbonyl (C=O) groups is 2. The van der Waals surface area contributed by atoms with Crippen molar-refractivity contribution >= 4 is 12.1 Å². The molecule has 0 aromatic heterocycles. The zero-order valence-corrected chi connectivity index (χ0v) is 35.6. The van der Waals surface area contributed by atoms with Crippen LogP contribution >= 0.6 is 0 Å². The number of ether oxygens (including phenoxy) is 13. The molecule has 16 nitrogen and oxygen atoms in total. The van der Waals surface area contributed by atoms with Crippen molar-refractivity contribution in [3.8, 4) is 11.1 Å². The molecule has 0 spiro atoms. The molecule has 1 aliphatic rings. The van der Waals surface area contributed by atoms with E-state index in [0.29, 0.717) is 171 Å². The van der Waals surface area contributed by atoms with Crippen LogP contribution in [0.5, 0.6) is 0 Å². The van der Waals surface area contributed by atoms with Crippen LogP contribution in [0.25, 0.3) is 11.1 Å². The third-order valence-corrected chi connectivity index (χ3v) is 8.74. The van der Waals surface area contributed by atoms with Gasteiger partial charge in [0.05, 0.1) is 139 Å². The molecule has 2 aromatic carbocycles. The minimum atomic E-state index is -0.419. The smallest absolute Gasteiger partial charge is 0.407 e. The second-order valence-corrected chi connectivity index (χ2v) is 13.3. The molecule has 2 aromatic rings. The van der Waals surface area contributed by atoms with Gasteiger partial charge in [-0.25, -0.2) is 4.79 Å². The summed E-state index contributed by atoms with van der Waals surface area (Å²) < 4.78 is 70.9. The molecule has 60 heavy (non-hydrogen) atoms. The van der Waals surface area contributed by atoms with Gasteiger partial charge in [0.1, 0.15) is 13.2 Å². The number of rotatable bonds is 41. The van der Waals surface area contributed by atoms with Crippen LogP contribution in [0.15, 0.2) is 48.5 Å². The Kier molecular flexibility index (Phi) is 31.0. The normalized spacial score (nSPS) is 12.1. The van der Waals surface area contributed by atoms with Crippen LogP contribution in [0.1, 0.15) is 43.2 Å². The highest BCUT2D eigenvalue weighted by atomic mass is 16.6. The van der Waals surface area contributed by atoms with E-state index in [2.05, 4.69) is 29.6 Å². The van der Waals surface area contributed by atoms with Crippen molar-refractivity contribution < 1.29 is 71.2 Å². The average Bonchev–Trinajstić information content (AvgIpc) is 3.58. The van der Waals surface area contributed by atoms with Crippen LogP contribution in [0.4, 0.5) is 4.79 Å². The van der Waals surface area contributed by atoms with Gasteiger partial charge in [0.15, 0.2) is 0 Å². The molecule has 0 saturated heterocycles. The molecule has 0 saturated carbocycles. The van der Waals surface area contributed by atoms with Crippen LogP contribution in [-0.4, -0.2) is 177 Å². The molecule has 1 amide bonds. The van der Waals surface area contributed by atoms with E-state index in [4.69, 9.17) is 61.6 Å². The number of benzene rings is 2. The molecule has 3 rings (SSSR count). The van der Waals surface area contributed by atoms with Crippen molar-refractivity contribution in [3.63, 3.8) is 0 Å². The first-order valence-electron chi connectivity index (χ1n) is 21.3. The first kappa shape index (κ1) is 51.1. The highest BCUT2D eigenvalue weighted by Crippen LogP contribution is 2.44. The average molecular weight is 852 g/mol. The van der Waals surface area contributed by atoms with Crippen molar-refractivity contribution in [1.82, 2.24) is 5.32 Å². The summed E-state index contributed by atoms with van der Waals surface area (Å²) in [5, 5.41) is 2.80. The molecule has 1 N–H and O–H groups in total. The Bertz CT molecular complexity index is 1310. The Morgan fingerprint density at radius 2 is 0.783 bits per heavy atom. The van der Waals surface area contributed by atoms with Gasteiger partial charge in [-0.15, -0.1) is 0 Å². The molecular weight excluding hydrogens is 782 g/mol. The molecule has 16 heteroatoms. The second kappa shape index (κ2) is 36.4. The number of esters is 1. The Hall–Kier alpha value is -3.26. The predicted octanol–water partition coefficient (Wildman–Crippen LogP) is 4.44. The lowest BCUT2D eigenvalue weighted by atomic mass is 9.98. The van der Waals surface area contributed by atoms with Gasteiger partial charge in [-0.2, -0.15) is 0 Å². The topological polar surface area (TPSA) is 166 Å². The van der Waals surface area contributed by atoms with Crippen molar-refractivity contribution in [2.24, 2.45) is 0 Å². The Balaban J connectivity index is 0.923. The quantitative estimate of drug-likeness (QED) is 0.0737. The lowest BCUT2D eigenvalue weighted by Gasteiger charge is -2.14. The molecule has 0 radical (unpaired) electrons. The molecule has 0 unspecified atom stereocenters. The zero-order chi connectivity index (χ0) is 42.4. The van der Waals surface area contributed by atoms with Crippen molar-refractivity contribution in [1.29, 1.82) is 0 Å². The molecular formula is C44H69NO15. The number of amides is 1. The van der Waals surface area contributed by atoms with E-state index in [1.165, 1.54) is 22.3 Å². The zero-order valence-electron chi connectivity index (χ0n) is 35.6. The van der Waals surface area contributed by atoms with Crippen LogP contribution in [0, 0.1) is 0 Å². The first-order valence-corrected chi connectivity index (χ1v) is 21.3. The molecule has 0 aliphatic heterocycles. The molecule has 340 valence electrons. The minimum Gasteiger partial charge on any atom is -0.463 e. The second-order valence-electron chi connectivity index (χ2n) is 13.3. The van der Waals surface area contributed by atoms with Gasteiger partial charge in [0.2, 0.25) is 0 Å². The molecule has 0 fully saturated rings. The maximum Gasteiger partial charge on any atom is 0.407 e. The van der Waals surface area contributed by atoms with Gasteiger partial charge in [0.25, 0.3) is 0 Å². The SMILES string of the molecule is CCCC(=O)OCCOCCOCCOCCOCCOCCOCCOCCOCCOCCOCCOCCCNC(=O)OCC1c2ccccc2-c2ccccc21. The van der Waals surface area contributed by atoms with Gasteiger partial charge in [-0.1, -0.05) is 55.5 Å². The Morgan fingerprint density at radius 1 is 0.450 bits per heavy atom. The summed E-state index contributed by atoms with van der Waals surface area (Å²) in [5.41, 5.74) is 4.80. The maximum atomic E-state index is 12.3. The first-order chi connectivity index (χ1) is 29.7. The molecule has 0 atom stereocenters. The lowest BCUT2D eigenvalue weighted by Crippen LogP contribution is -2.27. The summed E-state index contributed by atoms with van der Waals surface area (Å²) in [6, 6.07) is 16.6. The summed E-state index contributed by atoms with van der Waals surface area (Å²) in [4.78, 5) is 23.5. The number of carbonyl (C=O) groups excluding carboxylic acids is 2. The highest BCUT2D eigenvalue weighted by molar-refractivity contribution is 5.79. The van der Waals surface area contributed by atoms with Crippen LogP contribution in [0.3, 0.4) is 0 Å². The van der Waals surface area contributed by atoms with Crippen molar-refractivity contribution in [2.45, 2.75) is 32.1 Å². The number of hydrogen-bond acceptors (Lipinski definition) is 15. The highest BCUT2D eigenvalue weighted by Gasteiger charge is 2.29. The van der Waals surface area contributed by atoms with Gasteiger partial charge < -0.3 is 66.9 Å². The van der Waals surface area contributed by atoms with Crippen LogP contribution in [-0.2, 0) is 66.4 Å². The number of fused-ring (bicyclic) bond motifs is 3. The van der Waals surface area contributed by atoms with E-state index in [9.17, 15) is 9.59 Å². The van der Waals surface area contributed by atoms with E-state index in [0.717, 1.165) is 6.42 Å².